The maximum absolute atomic E-state index is 12.3. The molecule has 6 nitrogen and oxygen atoms in total. The average Bonchev–Trinajstić information content (AvgIpc) is 2.93. The second-order valence-corrected chi connectivity index (χ2v) is 7.42. The summed E-state index contributed by atoms with van der Waals surface area (Å²) in [7, 11) is -3.68. The highest BCUT2D eigenvalue weighted by molar-refractivity contribution is 7.89. The van der Waals surface area contributed by atoms with E-state index in [1.807, 2.05) is 0 Å². The average molecular weight is 316 g/mol. The molecule has 8 heteroatoms. The van der Waals surface area contributed by atoms with Crippen molar-refractivity contribution in [2.24, 2.45) is 11.7 Å². The topological polar surface area (TPSA) is 101 Å². The van der Waals surface area contributed by atoms with Gasteiger partial charge in [0.2, 0.25) is 0 Å². The molecule has 1 heterocycles. The summed E-state index contributed by atoms with van der Waals surface area (Å²) in [4.78, 5) is 0.218. The molecule has 0 atom stereocenters. The Morgan fingerprint density at radius 1 is 1.60 bits per heavy atom. The van der Waals surface area contributed by atoms with Crippen LogP contribution in [0.15, 0.2) is 17.3 Å². The lowest BCUT2D eigenvalue weighted by atomic mass is 9.76. The number of aromatic amines is 1. The maximum Gasteiger partial charge on any atom is 0.258 e. The number of nitrogens with one attached hydrogen (secondary N) is 2. The van der Waals surface area contributed by atoms with E-state index in [2.05, 4.69) is 21.8 Å². The van der Waals surface area contributed by atoms with E-state index in [9.17, 15) is 8.42 Å². The normalized spacial score (nSPS) is 27.4. The highest BCUT2D eigenvalue weighted by atomic mass is 32.2. The fourth-order valence-electron chi connectivity index (χ4n) is 2.68. The van der Waals surface area contributed by atoms with Gasteiger partial charge in [-0.2, -0.15) is 9.82 Å². The van der Waals surface area contributed by atoms with Gasteiger partial charge < -0.3 is 5.73 Å². The van der Waals surface area contributed by atoms with Gasteiger partial charge in [0, 0.05) is 0 Å². The van der Waals surface area contributed by atoms with Crippen LogP contribution in [0.1, 0.15) is 39.0 Å². The fourth-order valence-corrected chi connectivity index (χ4v) is 4.35. The number of rotatable bonds is 5. The Morgan fingerprint density at radius 3 is 2.70 bits per heavy atom. The number of hydrogen-bond acceptors (Lipinski definition) is 4. The molecule has 1 aromatic heterocycles. The second-order valence-electron chi connectivity index (χ2n) is 5.32. The van der Waals surface area contributed by atoms with Gasteiger partial charge in [-0.05, 0) is 37.7 Å². The van der Waals surface area contributed by atoms with Gasteiger partial charge >= 0.3 is 0 Å². The molecule has 1 aliphatic carbocycles. The molecule has 0 unspecified atom stereocenters. The van der Waals surface area contributed by atoms with Gasteiger partial charge in [0.1, 0.15) is 0 Å². The van der Waals surface area contributed by atoms with Crippen molar-refractivity contribution in [2.75, 3.05) is 0 Å². The summed E-state index contributed by atoms with van der Waals surface area (Å²) in [6, 6.07) is 1.41. The molecule has 0 aliphatic heterocycles. The van der Waals surface area contributed by atoms with Gasteiger partial charge in [0.15, 0.2) is 5.03 Å². The van der Waals surface area contributed by atoms with Gasteiger partial charge in [-0.15, -0.1) is 0 Å². The number of thiocarbonyl (C=S) groups is 1. The zero-order valence-corrected chi connectivity index (χ0v) is 13.1. The summed E-state index contributed by atoms with van der Waals surface area (Å²) < 4.78 is 27.3. The van der Waals surface area contributed by atoms with Crippen LogP contribution in [0.3, 0.4) is 0 Å². The van der Waals surface area contributed by atoms with Gasteiger partial charge in [-0.25, -0.2) is 8.42 Å². The monoisotopic (exact) mass is 316 g/mol. The molecule has 0 radical (unpaired) electrons. The van der Waals surface area contributed by atoms with E-state index in [0.717, 1.165) is 19.3 Å². The predicted octanol–water partition coefficient (Wildman–Crippen LogP) is 1.31. The van der Waals surface area contributed by atoms with Gasteiger partial charge in [-0.3, -0.25) is 5.10 Å². The van der Waals surface area contributed by atoms with E-state index < -0.39 is 15.6 Å². The van der Waals surface area contributed by atoms with Crippen molar-refractivity contribution in [2.45, 2.75) is 49.6 Å². The molecule has 1 aromatic rings. The molecule has 0 amide bonds. The Morgan fingerprint density at radius 2 is 2.25 bits per heavy atom. The van der Waals surface area contributed by atoms with Crippen LogP contribution in [-0.4, -0.2) is 29.1 Å². The third-order valence-corrected chi connectivity index (χ3v) is 5.96. The van der Waals surface area contributed by atoms with Crippen molar-refractivity contribution >= 4 is 27.2 Å². The molecular formula is C12H20N4O2S2. The highest BCUT2D eigenvalue weighted by Crippen LogP contribution is 2.35. The summed E-state index contributed by atoms with van der Waals surface area (Å²) in [6.45, 7) is 2.15. The number of sulfonamides is 1. The van der Waals surface area contributed by atoms with Crippen molar-refractivity contribution in [3.05, 3.63) is 12.3 Å². The zero-order chi connectivity index (χ0) is 14.8. The third kappa shape index (κ3) is 3.02. The molecule has 1 saturated carbocycles. The summed E-state index contributed by atoms with van der Waals surface area (Å²) >= 11 is 5.12. The van der Waals surface area contributed by atoms with E-state index >= 15 is 0 Å². The smallest absolute Gasteiger partial charge is 0.258 e. The van der Waals surface area contributed by atoms with Gasteiger partial charge in [0.05, 0.1) is 16.7 Å². The molecule has 0 bridgehead atoms. The van der Waals surface area contributed by atoms with Crippen molar-refractivity contribution in [1.82, 2.24) is 14.9 Å². The van der Waals surface area contributed by atoms with E-state index in [-0.39, 0.29) is 10.0 Å². The number of nitrogens with zero attached hydrogens (tertiary/aromatic N) is 1. The Labute approximate surface area is 124 Å². The summed E-state index contributed by atoms with van der Waals surface area (Å²) in [5, 5.41) is 6.16. The first kappa shape index (κ1) is 15.4. The highest BCUT2D eigenvalue weighted by Gasteiger charge is 2.41. The molecule has 4 N–H and O–H groups in total. The molecule has 0 saturated heterocycles. The van der Waals surface area contributed by atoms with E-state index in [1.54, 1.807) is 0 Å². The minimum Gasteiger partial charge on any atom is -0.392 e. The first-order valence-electron chi connectivity index (χ1n) is 6.73. The van der Waals surface area contributed by atoms with Crippen LogP contribution in [0.5, 0.6) is 0 Å². The van der Waals surface area contributed by atoms with Crippen LogP contribution in [0, 0.1) is 5.92 Å². The molecule has 1 fully saturated rings. The zero-order valence-electron chi connectivity index (χ0n) is 11.4. The maximum atomic E-state index is 12.3. The quantitative estimate of drug-likeness (QED) is 0.711. The van der Waals surface area contributed by atoms with Crippen LogP contribution in [0.2, 0.25) is 0 Å². The first-order valence-corrected chi connectivity index (χ1v) is 8.62. The molecular weight excluding hydrogens is 296 g/mol. The van der Waals surface area contributed by atoms with E-state index in [1.165, 1.54) is 12.3 Å². The van der Waals surface area contributed by atoms with Crippen molar-refractivity contribution in [3.8, 4) is 0 Å². The largest absolute Gasteiger partial charge is 0.392 e. The Bertz CT molecular complexity index is 560. The van der Waals surface area contributed by atoms with Crippen LogP contribution in [0.25, 0.3) is 0 Å². The standard InChI is InChI=1S/C12H20N4O2S2/c1-2-9-3-6-12(7-4-9,11(13)19)16-20(17,18)10-5-8-14-15-10/h5,8-9,16H,2-4,6-7H2,1H3,(H2,13,19)(H,14,15). The Balaban J connectivity index is 2.21. The van der Waals surface area contributed by atoms with E-state index in [4.69, 9.17) is 18.0 Å². The minimum absolute atomic E-state index is 0.0331. The van der Waals surface area contributed by atoms with Crippen molar-refractivity contribution in [3.63, 3.8) is 0 Å². The summed E-state index contributed by atoms with van der Waals surface area (Å²) in [5.41, 5.74) is 5.01. The fraction of sp³-hybridized carbons (Fsp3) is 0.667. The van der Waals surface area contributed by atoms with Crippen LogP contribution >= 0.6 is 12.2 Å². The number of aromatic nitrogens is 2. The van der Waals surface area contributed by atoms with Gasteiger partial charge in [0.25, 0.3) is 10.0 Å². The molecule has 0 aromatic carbocycles. The van der Waals surface area contributed by atoms with Crippen LogP contribution < -0.4 is 10.5 Å². The lowest BCUT2D eigenvalue weighted by Gasteiger charge is -2.39. The Kier molecular flexibility index (Phi) is 4.46. The molecule has 0 spiro atoms. The second kappa shape index (κ2) is 5.79. The molecule has 2 rings (SSSR count). The number of nitrogens with two attached hydrogens (primary N) is 1. The first-order chi connectivity index (χ1) is 9.39. The third-order valence-electron chi connectivity index (χ3n) is 4.10. The number of H-pyrrole nitrogens is 1. The number of hydrogen-bond donors (Lipinski definition) is 3. The lowest BCUT2D eigenvalue weighted by molar-refractivity contribution is 0.269. The predicted molar refractivity (Wildman–Crippen MR) is 80.7 cm³/mol. The summed E-state index contributed by atoms with van der Waals surface area (Å²) in [5.74, 6) is 0.620. The van der Waals surface area contributed by atoms with Crippen molar-refractivity contribution in [1.29, 1.82) is 0 Å². The minimum atomic E-state index is -3.68. The lowest BCUT2D eigenvalue weighted by Crippen LogP contribution is -2.58. The SMILES string of the molecule is CCC1CCC(NS(=O)(=O)c2ccn[nH]2)(C(N)=S)CC1. The van der Waals surface area contributed by atoms with E-state index in [0.29, 0.717) is 18.8 Å². The van der Waals surface area contributed by atoms with Crippen molar-refractivity contribution < 1.29 is 8.42 Å². The van der Waals surface area contributed by atoms with Crippen LogP contribution in [0.4, 0.5) is 0 Å². The summed E-state index contributed by atoms with van der Waals surface area (Å²) in [6.07, 6.45) is 5.65. The molecule has 112 valence electrons. The molecule has 1 aliphatic rings. The van der Waals surface area contributed by atoms with Crippen LogP contribution in [-0.2, 0) is 10.0 Å². The Hall–Kier alpha value is -0.990. The van der Waals surface area contributed by atoms with Gasteiger partial charge in [-0.1, -0.05) is 25.6 Å². The molecule has 20 heavy (non-hydrogen) atoms.